The van der Waals surface area contributed by atoms with Gasteiger partial charge in [-0.3, -0.25) is 0 Å². The Morgan fingerprint density at radius 1 is 1.26 bits per heavy atom. The lowest BCUT2D eigenvalue weighted by Crippen LogP contribution is -2.05. The van der Waals surface area contributed by atoms with E-state index in [1.165, 1.54) is 6.07 Å². The first-order chi connectivity index (χ1) is 8.99. The van der Waals surface area contributed by atoms with Crippen LogP contribution in [-0.4, -0.2) is 11.1 Å². The summed E-state index contributed by atoms with van der Waals surface area (Å²) in [6, 6.07) is 10.0. The summed E-state index contributed by atoms with van der Waals surface area (Å²) in [5.41, 5.74) is 7.36. The number of carboxylic acids is 1. The number of nitrogen functional groups attached to an aromatic ring is 1. The van der Waals surface area contributed by atoms with E-state index in [-0.39, 0.29) is 11.3 Å². The first kappa shape index (κ1) is 13.7. The first-order valence-corrected chi connectivity index (χ1v) is 6.50. The number of anilines is 3. The summed E-state index contributed by atoms with van der Waals surface area (Å²) in [6.07, 6.45) is 0. The van der Waals surface area contributed by atoms with Gasteiger partial charge in [-0.25, -0.2) is 4.79 Å². The Kier molecular flexibility index (Phi) is 3.97. The summed E-state index contributed by atoms with van der Waals surface area (Å²) in [5, 5.41) is 12.7. The number of rotatable bonds is 3. The molecule has 0 aromatic heterocycles. The maximum Gasteiger partial charge on any atom is 0.337 e. The van der Waals surface area contributed by atoms with Crippen LogP contribution in [0.15, 0.2) is 40.9 Å². The van der Waals surface area contributed by atoms with Crippen molar-refractivity contribution in [3.05, 3.63) is 51.5 Å². The van der Waals surface area contributed by atoms with Crippen LogP contribution in [-0.2, 0) is 0 Å². The van der Waals surface area contributed by atoms with E-state index in [4.69, 9.17) is 22.4 Å². The molecule has 4 N–H and O–H groups in total. The van der Waals surface area contributed by atoms with Crippen molar-refractivity contribution in [2.24, 2.45) is 0 Å². The van der Waals surface area contributed by atoms with Crippen molar-refractivity contribution in [2.75, 3.05) is 11.1 Å². The fraction of sp³-hybridized carbons (Fsp3) is 0. The van der Waals surface area contributed by atoms with E-state index in [1.807, 2.05) is 0 Å². The molecule has 98 valence electrons. The molecular formula is C13H10BrClN2O2. The first-order valence-electron chi connectivity index (χ1n) is 5.33. The van der Waals surface area contributed by atoms with Gasteiger partial charge in [0.2, 0.25) is 0 Å². The molecule has 2 aromatic carbocycles. The molecule has 0 radical (unpaired) electrons. The zero-order chi connectivity index (χ0) is 14.0. The maximum absolute atomic E-state index is 11.0. The van der Waals surface area contributed by atoms with Gasteiger partial charge in [0.25, 0.3) is 0 Å². The molecule has 0 saturated carbocycles. The molecular weight excluding hydrogens is 332 g/mol. The molecule has 0 atom stereocenters. The van der Waals surface area contributed by atoms with Gasteiger partial charge in [-0.15, -0.1) is 0 Å². The monoisotopic (exact) mass is 340 g/mol. The number of carboxylic acid groups (broad SMARTS) is 1. The molecule has 0 fully saturated rings. The summed E-state index contributed by atoms with van der Waals surface area (Å²) >= 11 is 9.23. The van der Waals surface area contributed by atoms with Gasteiger partial charge < -0.3 is 16.2 Å². The molecule has 2 aromatic rings. The van der Waals surface area contributed by atoms with Crippen LogP contribution in [0, 0.1) is 0 Å². The Morgan fingerprint density at radius 3 is 2.63 bits per heavy atom. The number of nitrogens with two attached hydrogens (primary N) is 1. The zero-order valence-corrected chi connectivity index (χ0v) is 12.0. The number of halogens is 2. The number of para-hydroxylation sites is 1. The molecule has 0 saturated heterocycles. The average molecular weight is 342 g/mol. The van der Waals surface area contributed by atoms with Crippen LogP contribution in [0.2, 0.25) is 5.02 Å². The summed E-state index contributed by atoms with van der Waals surface area (Å²) in [6.45, 7) is 0. The lowest BCUT2D eigenvalue weighted by Gasteiger charge is -2.12. The molecule has 0 aliphatic rings. The summed E-state index contributed by atoms with van der Waals surface area (Å²) in [7, 11) is 0. The number of hydrogen-bond acceptors (Lipinski definition) is 3. The van der Waals surface area contributed by atoms with Gasteiger partial charge in [0.15, 0.2) is 0 Å². The molecule has 0 aliphatic carbocycles. The van der Waals surface area contributed by atoms with Gasteiger partial charge in [0.1, 0.15) is 0 Å². The second-order valence-electron chi connectivity index (χ2n) is 3.82. The van der Waals surface area contributed by atoms with Crippen LogP contribution in [0.25, 0.3) is 0 Å². The summed E-state index contributed by atoms with van der Waals surface area (Å²) in [4.78, 5) is 11.0. The normalized spacial score (nSPS) is 10.2. The largest absolute Gasteiger partial charge is 0.478 e. The maximum atomic E-state index is 11.0. The Morgan fingerprint density at radius 2 is 2.00 bits per heavy atom. The number of carbonyl (C=O) groups is 1. The number of aromatic carboxylic acids is 1. The molecule has 0 heterocycles. The van der Waals surface area contributed by atoms with Gasteiger partial charge in [0, 0.05) is 9.50 Å². The van der Waals surface area contributed by atoms with Crippen LogP contribution >= 0.6 is 27.5 Å². The standard InChI is InChI=1S/C13H10BrClN2O2/c14-9-6-7(15)4-5-10(9)17-11-3-1-2-8(12(11)16)13(18)19/h1-6,17H,16H2,(H,18,19). The predicted molar refractivity (Wildman–Crippen MR) is 80.2 cm³/mol. The van der Waals surface area contributed by atoms with Crippen LogP contribution in [0.1, 0.15) is 10.4 Å². The van der Waals surface area contributed by atoms with Crippen LogP contribution in [0.4, 0.5) is 17.1 Å². The fourth-order valence-corrected chi connectivity index (χ4v) is 2.38. The second-order valence-corrected chi connectivity index (χ2v) is 5.11. The van der Waals surface area contributed by atoms with Crippen LogP contribution in [0.3, 0.4) is 0 Å². The van der Waals surface area contributed by atoms with Gasteiger partial charge in [-0.1, -0.05) is 17.7 Å². The molecule has 0 unspecified atom stereocenters. The quantitative estimate of drug-likeness (QED) is 0.734. The summed E-state index contributed by atoms with van der Waals surface area (Å²) < 4.78 is 0.764. The SMILES string of the molecule is Nc1c(Nc2ccc(Cl)cc2Br)cccc1C(=O)O. The van der Waals surface area contributed by atoms with E-state index in [9.17, 15) is 4.79 Å². The number of nitrogens with one attached hydrogen (secondary N) is 1. The molecule has 0 amide bonds. The van der Waals surface area contributed by atoms with E-state index >= 15 is 0 Å². The molecule has 2 rings (SSSR count). The highest BCUT2D eigenvalue weighted by molar-refractivity contribution is 9.10. The topological polar surface area (TPSA) is 75.3 Å². The van der Waals surface area contributed by atoms with Gasteiger partial charge in [-0.05, 0) is 46.3 Å². The van der Waals surface area contributed by atoms with Crippen molar-refractivity contribution >= 4 is 50.6 Å². The smallest absolute Gasteiger partial charge is 0.337 e. The molecule has 19 heavy (non-hydrogen) atoms. The van der Waals surface area contributed by atoms with E-state index in [0.717, 1.165) is 10.2 Å². The van der Waals surface area contributed by atoms with Crippen molar-refractivity contribution in [1.82, 2.24) is 0 Å². The third kappa shape index (κ3) is 3.00. The highest BCUT2D eigenvalue weighted by Crippen LogP contribution is 2.31. The minimum Gasteiger partial charge on any atom is -0.478 e. The number of hydrogen-bond donors (Lipinski definition) is 3. The Hall–Kier alpha value is -1.72. The van der Waals surface area contributed by atoms with E-state index in [2.05, 4.69) is 21.2 Å². The third-order valence-electron chi connectivity index (χ3n) is 2.54. The van der Waals surface area contributed by atoms with E-state index in [1.54, 1.807) is 30.3 Å². The average Bonchev–Trinajstić information content (AvgIpc) is 2.34. The summed E-state index contributed by atoms with van der Waals surface area (Å²) in [5.74, 6) is -1.06. The van der Waals surface area contributed by atoms with E-state index < -0.39 is 5.97 Å². The minimum absolute atomic E-state index is 0.0649. The van der Waals surface area contributed by atoms with E-state index in [0.29, 0.717) is 10.7 Å². The third-order valence-corrected chi connectivity index (χ3v) is 3.43. The van der Waals surface area contributed by atoms with Crippen LogP contribution < -0.4 is 11.1 Å². The van der Waals surface area contributed by atoms with Crippen LogP contribution in [0.5, 0.6) is 0 Å². The van der Waals surface area contributed by atoms with Gasteiger partial charge in [0.05, 0.1) is 22.6 Å². The lowest BCUT2D eigenvalue weighted by molar-refractivity contribution is 0.0698. The molecule has 4 nitrogen and oxygen atoms in total. The van der Waals surface area contributed by atoms with Crippen molar-refractivity contribution in [3.8, 4) is 0 Å². The molecule has 0 aliphatic heterocycles. The molecule has 6 heteroatoms. The minimum atomic E-state index is -1.06. The Balaban J connectivity index is 2.38. The fourth-order valence-electron chi connectivity index (χ4n) is 1.60. The van der Waals surface area contributed by atoms with Crippen molar-refractivity contribution < 1.29 is 9.90 Å². The zero-order valence-electron chi connectivity index (χ0n) is 9.65. The Labute approximate surface area is 123 Å². The highest BCUT2D eigenvalue weighted by atomic mass is 79.9. The number of benzene rings is 2. The highest BCUT2D eigenvalue weighted by Gasteiger charge is 2.11. The second kappa shape index (κ2) is 5.50. The lowest BCUT2D eigenvalue weighted by atomic mass is 10.1. The van der Waals surface area contributed by atoms with Crippen molar-refractivity contribution in [1.29, 1.82) is 0 Å². The van der Waals surface area contributed by atoms with Crippen molar-refractivity contribution in [2.45, 2.75) is 0 Å². The van der Waals surface area contributed by atoms with Gasteiger partial charge >= 0.3 is 5.97 Å². The molecule has 0 bridgehead atoms. The van der Waals surface area contributed by atoms with Crippen molar-refractivity contribution in [3.63, 3.8) is 0 Å². The Bertz CT molecular complexity index is 647. The van der Waals surface area contributed by atoms with Gasteiger partial charge in [-0.2, -0.15) is 0 Å². The molecule has 0 spiro atoms. The predicted octanol–water partition coefficient (Wildman–Crippen LogP) is 4.13.